The average molecular weight is 544 g/mol. The summed E-state index contributed by atoms with van der Waals surface area (Å²) in [5, 5.41) is 2.71. The van der Waals surface area contributed by atoms with E-state index in [4.69, 9.17) is 4.74 Å². The molecule has 0 aromatic heterocycles. The van der Waals surface area contributed by atoms with Crippen LogP contribution in [0.1, 0.15) is 19.4 Å². The molecule has 3 aromatic rings. The van der Waals surface area contributed by atoms with Crippen LogP contribution in [-0.2, 0) is 30.6 Å². The third-order valence-corrected chi connectivity index (χ3v) is 9.80. The number of hydrogen-bond donors (Lipinski definition) is 1. The lowest BCUT2D eigenvalue weighted by Gasteiger charge is -2.34. The third-order valence-electron chi connectivity index (χ3n) is 6.02. The summed E-state index contributed by atoms with van der Waals surface area (Å²) in [5.74, 6) is -0.487. The quantitative estimate of drug-likeness (QED) is 0.442. The standard InChI is InChI=1S/C26H29N3O6S2/c1-3-28(4-2)37(33,34)22-16-14-21(15-17-22)27-26(30)25-18-29(23-12-8-9-13-24(23)35-25)36(31,32)19-20-10-6-5-7-11-20/h5-17,25H,3-4,18-19H2,1-2H3,(H,27,30)/t25-/m1/s1. The number of rotatable bonds is 9. The number of carbonyl (C=O) groups excluding carboxylic acids is 1. The van der Waals surface area contributed by atoms with Crippen LogP contribution in [0.5, 0.6) is 5.75 Å². The van der Waals surface area contributed by atoms with Crippen molar-refractivity contribution in [1.29, 1.82) is 0 Å². The molecule has 0 radical (unpaired) electrons. The SMILES string of the molecule is CCN(CC)S(=O)(=O)c1ccc(NC(=O)[C@H]2CN(S(=O)(=O)Cc3ccccc3)c3ccccc3O2)cc1. The van der Waals surface area contributed by atoms with Gasteiger partial charge in [-0.15, -0.1) is 0 Å². The van der Waals surface area contributed by atoms with E-state index in [1.165, 1.54) is 32.9 Å². The lowest BCUT2D eigenvalue weighted by Crippen LogP contribution is -2.49. The molecule has 1 amide bonds. The van der Waals surface area contributed by atoms with Gasteiger partial charge in [-0.2, -0.15) is 4.31 Å². The highest BCUT2D eigenvalue weighted by Crippen LogP contribution is 2.36. The van der Waals surface area contributed by atoms with Crippen molar-refractivity contribution in [3.63, 3.8) is 0 Å². The maximum atomic E-state index is 13.4. The van der Waals surface area contributed by atoms with Crippen LogP contribution in [0.3, 0.4) is 0 Å². The molecule has 196 valence electrons. The summed E-state index contributed by atoms with van der Waals surface area (Å²) < 4.78 is 60.6. The molecule has 37 heavy (non-hydrogen) atoms. The molecule has 0 aliphatic carbocycles. The van der Waals surface area contributed by atoms with Crippen LogP contribution in [0.25, 0.3) is 0 Å². The minimum Gasteiger partial charge on any atom is -0.476 e. The van der Waals surface area contributed by atoms with E-state index < -0.39 is 32.1 Å². The second kappa shape index (κ2) is 10.9. The summed E-state index contributed by atoms with van der Waals surface area (Å²) in [4.78, 5) is 13.2. The van der Waals surface area contributed by atoms with Crippen molar-refractivity contribution in [2.45, 2.75) is 30.6 Å². The Labute approximate surface area is 217 Å². The molecular weight excluding hydrogens is 514 g/mol. The first-order chi connectivity index (χ1) is 17.7. The molecule has 0 unspecified atom stereocenters. The highest BCUT2D eigenvalue weighted by molar-refractivity contribution is 7.92. The Kier molecular flexibility index (Phi) is 7.86. The van der Waals surface area contributed by atoms with E-state index in [1.807, 2.05) is 6.07 Å². The van der Waals surface area contributed by atoms with E-state index in [1.54, 1.807) is 62.4 Å². The molecule has 1 aliphatic heterocycles. The number of para-hydroxylation sites is 2. The number of anilines is 2. The number of fused-ring (bicyclic) bond motifs is 1. The highest BCUT2D eigenvalue weighted by Gasteiger charge is 2.36. The van der Waals surface area contributed by atoms with Gasteiger partial charge < -0.3 is 10.1 Å². The normalized spacial score (nSPS) is 15.6. The predicted octanol–water partition coefficient (Wildman–Crippen LogP) is 3.45. The second-order valence-electron chi connectivity index (χ2n) is 8.45. The van der Waals surface area contributed by atoms with Gasteiger partial charge in [-0.3, -0.25) is 9.10 Å². The van der Waals surface area contributed by atoms with E-state index in [2.05, 4.69) is 5.32 Å². The highest BCUT2D eigenvalue weighted by atomic mass is 32.2. The van der Waals surface area contributed by atoms with Crippen molar-refractivity contribution in [3.8, 4) is 5.75 Å². The Morgan fingerprint density at radius 1 is 0.919 bits per heavy atom. The van der Waals surface area contributed by atoms with Gasteiger partial charge in [-0.1, -0.05) is 56.3 Å². The zero-order chi connectivity index (χ0) is 26.6. The molecule has 0 bridgehead atoms. The number of benzene rings is 3. The van der Waals surface area contributed by atoms with Gasteiger partial charge in [0.15, 0.2) is 6.10 Å². The van der Waals surface area contributed by atoms with Gasteiger partial charge in [0.2, 0.25) is 20.0 Å². The summed E-state index contributed by atoms with van der Waals surface area (Å²) >= 11 is 0. The van der Waals surface area contributed by atoms with Crippen LogP contribution in [0.4, 0.5) is 11.4 Å². The van der Waals surface area contributed by atoms with Crippen LogP contribution < -0.4 is 14.4 Å². The van der Waals surface area contributed by atoms with Gasteiger partial charge in [0.05, 0.1) is 22.9 Å². The Hall–Kier alpha value is -3.41. The van der Waals surface area contributed by atoms with Gasteiger partial charge >= 0.3 is 0 Å². The first kappa shape index (κ1) is 26.6. The Morgan fingerprint density at radius 3 is 2.19 bits per heavy atom. The molecule has 1 aliphatic rings. The number of carbonyl (C=O) groups is 1. The minimum absolute atomic E-state index is 0.121. The smallest absolute Gasteiger partial charge is 0.267 e. The van der Waals surface area contributed by atoms with Crippen LogP contribution in [0.2, 0.25) is 0 Å². The second-order valence-corrected chi connectivity index (χ2v) is 12.3. The van der Waals surface area contributed by atoms with Crippen molar-refractivity contribution in [3.05, 3.63) is 84.4 Å². The molecule has 0 fully saturated rings. The fraction of sp³-hybridized carbons (Fsp3) is 0.269. The first-order valence-corrected chi connectivity index (χ1v) is 14.9. The maximum absolute atomic E-state index is 13.4. The van der Waals surface area contributed by atoms with Crippen LogP contribution in [0.15, 0.2) is 83.8 Å². The molecular formula is C26H29N3O6S2. The molecule has 11 heteroatoms. The monoisotopic (exact) mass is 543 g/mol. The van der Waals surface area contributed by atoms with E-state index >= 15 is 0 Å². The van der Waals surface area contributed by atoms with E-state index in [0.717, 1.165) is 0 Å². The molecule has 3 aromatic carbocycles. The third kappa shape index (κ3) is 5.79. The van der Waals surface area contributed by atoms with Crippen molar-refractivity contribution >= 4 is 37.3 Å². The predicted molar refractivity (Wildman–Crippen MR) is 142 cm³/mol. The first-order valence-electron chi connectivity index (χ1n) is 11.9. The van der Waals surface area contributed by atoms with Crippen molar-refractivity contribution < 1.29 is 26.4 Å². The summed E-state index contributed by atoms with van der Waals surface area (Å²) in [7, 11) is -7.45. The fourth-order valence-corrected chi connectivity index (χ4v) is 7.15. The van der Waals surface area contributed by atoms with Crippen LogP contribution >= 0.6 is 0 Å². The Morgan fingerprint density at radius 2 is 1.54 bits per heavy atom. The van der Waals surface area contributed by atoms with Crippen LogP contribution in [0, 0.1) is 0 Å². The number of sulfonamides is 2. The van der Waals surface area contributed by atoms with Gasteiger partial charge in [0.25, 0.3) is 5.91 Å². The lowest BCUT2D eigenvalue weighted by atomic mass is 10.2. The Bertz CT molecular complexity index is 1460. The zero-order valence-electron chi connectivity index (χ0n) is 20.6. The number of hydrogen-bond acceptors (Lipinski definition) is 6. The molecule has 1 atom stereocenters. The number of nitrogens with zero attached hydrogens (tertiary/aromatic N) is 2. The molecule has 9 nitrogen and oxygen atoms in total. The van der Waals surface area contributed by atoms with E-state index in [9.17, 15) is 21.6 Å². The fourth-order valence-electron chi connectivity index (χ4n) is 4.11. The maximum Gasteiger partial charge on any atom is 0.267 e. The molecule has 0 spiro atoms. The van der Waals surface area contributed by atoms with Gasteiger partial charge in [-0.25, -0.2) is 16.8 Å². The lowest BCUT2D eigenvalue weighted by molar-refractivity contribution is -0.122. The summed E-state index contributed by atoms with van der Waals surface area (Å²) in [5.41, 5.74) is 1.37. The van der Waals surface area contributed by atoms with Crippen molar-refractivity contribution in [1.82, 2.24) is 4.31 Å². The topological polar surface area (TPSA) is 113 Å². The number of ether oxygens (including phenoxy) is 1. The summed E-state index contributed by atoms with van der Waals surface area (Å²) in [6, 6.07) is 21.3. The molecule has 0 saturated heterocycles. The molecule has 1 heterocycles. The van der Waals surface area contributed by atoms with Crippen molar-refractivity contribution in [2.75, 3.05) is 29.3 Å². The van der Waals surface area contributed by atoms with Crippen molar-refractivity contribution in [2.24, 2.45) is 0 Å². The Balaban J connectivity index is 1.53. The minimum atomic E-state index is -3.82. The molecule has 4 rings (SSSR count). The number of amides is 1. The summed E-state index contributed by atoms with van der Waals surface area (Å²) in [6.07, 6.45) is -1.11. The van der Waals surface area contributed by atoms with Gasteiger partial charge in [0, 0.05) is 18.8 Å². The molecule has 1 N–H and O–H groups in total. The zero-order valence-corrected chi connectivity index (χ0v) is 22.2. The van der Waals surface area contributed by atoms with Gasteiger partial charge in [0.1, 0.15) is 5.75 Å². The average Bonchev–Trinajstić information content (AvgIpc) is 2.89. The summed E-state index contributed by atoms with van der Waals surface area (Å²) in [6.45, 7) is 4.03. The van der Waals surface area contributed by atoms with Gasteiger partial charge in [-0.05, 0) is 42.0 Å². The largest absolute Gasteiger partial charge is 0.476 e. The van der Waals surface area contributed by atoms with E-state index in [-0.39, 0.29) is 22.9 Å². The molecule has 0 saturated carbocycles. The van der Waals surface area contributed by atoms with E-state index in [0.29, 0.717) is 30.0 Å². The van der Waals surface area contributed by atoms with Crippen LogP contribution in [-0.4, -0.2) is 52.8 Å². The number of nitrogens with one attached hydrogen (secondary N) is 1.